The predicted molar refractivity (Wildman–Crippen MR) is 84.5 cm³/mol. The molecule has 0 spiro atoms. The van der Waals surface area contributed by atoms with E-state index in [2.05, 4.69) is 14.5 Å². The van der Waals surface area contributed by atoms with Gasteiger partial charge in [-0.15, -0.1) is 0 Å². The number of rotatable bonds is 3. The third kappa shape index (κ3) is 3.18. The zero-order valence-electron chi connectivity index (χ0n) is 13.2. The molecular weight excluding hydrogens is 276 g/mol. The molecule has 22 heavy (non-hydrogen) atoms. The van der Waals surface area contributed by atoms with E-state index in [0.29, 0.717) is 12.5 Å². The summed E-state index contributed by atoms with van der Waals surface area (Å²) in [5, 5.41) is 0. The predicted octanol–water partition coefficient (Wildman–Crippen LogP) is 2.30. The average molecular weight is 298 g/mol. The van der Waals surface area contributed by atoms with E-state index in [9.17, 15) is 4.79 Å². The third-order valence-corrected chi connectivity index (χ3v) is 4.33. The maximum atomic E-state index is 12.5. The number of carbonyl (C=O) groups excluding carboxylic acids is 1. The van der Waals surface area contributed by atoms with Gasteiger partial charge in [0.15, 0.2) is 0 Å². The number of nitrogens with zero attached hydrogens (tertiary/aromatic N) is 4. The largest absolute Gasteiger partial charge is 0.340 e. The molecule has 0 radical (unpaired) electrons. The molecule has 1 aliphatic heterocycles. The highest BCUT2D eigenvalue weighted by Crippen LogP contribution is 2.23. The van der Waals surface area contributed by atoms with Crippen LogP contribution in [0.4, 0.5) is 0 Å². The SMILES string of the molecule is Cc1ccc(CC(=O)N2CCC[C@H](n3ccnc3C)C2)cn1. The number of aromatic nitrogens is 3. The Morgan fingerprint density at radius 1 is 1.32 bits per heavy atom. The van der Waals surface area contributed by atoms with Gasteiger partial charge >= 0.3 is 0 Å². The first kappa shape index (κ1) is 14.8. The summed E-state index contributed by atoms with van der Waals surface area (Å²) in [7, 11) is 0. The summed E-state index contributed by atoms with van der Waals surface area (Å²) in [6.07, 6.45) is 8.22. The molecule has 2 aromatic rings. The number of hydrogen-bond donors (Lipinski definition) is 0. The van der Waals surface area contributed by atoms with Gasteiger partial charge in [-0.1, -0.05) is 6.07 Å². The summed E-state index contributed by atoms with van der Waals surface area (Å²) in [5.41, 5.74) is 1.96. The van der Waals surface area contributed by atoms with Crippen molar-refractivity contribution in [3.63, 3.8) is 0 Å². The molecule has 0 N–H and O–H groups in total. The smallest absolute Gasteiger partial charge is 0.227 e. The van der Waals surface area contributed by atoms with Crippen molar-refractivity contribution in [3.8, 4) is 0 Å². The van der Waals surface area contributed by atoms with Gasteiger partial charge in [-0.2, -0.15) is 0 Å². The van der Waals surface area contributed by atoms with E-state index in [-0.39, 0.29) is 5.91 Å². The van der Waals surface area contributed by atoms with Crippen LogP contribution in [-0.4, -0.2) is 38.4 Å². The summed E-state index contributed by atoms with van der Waals surface area (Å²) in [5.74, 6) is 1.20. The minimum atomic E-state index is 0.188. The molecule has 1 fully saturated rings. The Morgan fingerprint density at radius 3 is 2.86 bits per heavy atom. The third-order valence-electron chi connectivity index (χ3n) is 4.33. The van der Waals surface area contributed by atoms with Gasteiger partial charge in [0.1, 0.15) is 5.82 Å². The number of pyridine rings is 1. The Kier molecular flexibility index (Phi) is 4.22. The summed E-state index contributed by atoms with van der Waals surface area (Å²) in [4.78, 5) is 23.1. The van der Waals surface area contributed by atoms with Gasteiger partial charge < -0.3 is 9.47 Å². The Morgan fingerprint density at radius 2 is 2.18 bits per heavy atom. The molecule has 1 atom stereocenters. The first-order chi connectivity index (χ1) is 10.6. The zero-order valence-corrected chi connectivity index (χ0v) is 13.2. The van der Waals surface area contributed by atoms with Crippen molar-refractivity contribution in [2.24, 2.45) is 0 Å². The maximum absolute atomic E-state index is 12.5. The molecule has 1 saturated heterocycles. The quantitative estimate of drug-likeness (QED) is 0.873. The molecule has 1 amide bonds. The highest BCUT2D eigenvalue weighted by atomic mass is 16.2. The van der Waals surface area contributed by atoms with E-state index in [1.54, 1.807) is 6.20 Å². The van der Waals surface area contributed by atoms with Crippen LogP contribution in [0.5, 0.6) is 0 Å². The van der Waals surface area contributed by atoms with Crippen molar-refractivity contribution in [3.05, 3.63) is 47.8 Å². The lowest BCUT2D eigenvalue weighted by Gasteiger charge is -2.34. The number of likely N-dealkylation sites (tertiary alicyclic amines) is 1. The molecule has 0 aliphatic carbocycles. The van der Waals surface area contributed by atoms with Crippen LogP contribution in [0.25, 0.3) is 0 Å². The van der Waals surface area contributed by atoms with Gasteiger partial charge in [-0.05, 0) is 38.3 Å². The van der Waals surface area contributed by atoms with Gasteiger partial charge in [-0.25, -0.2) is 4.98 Å². The Labute approximate surface area is 131 Å². The first-order valence-electron chi connectivity index (χ1n) is 7.82. The van der Waals surface area contributed by atoms with E-state index in [1.165, 1.54) is 0 Å². The minimum Gasteiger partial charge on any atom is -0.340 e. The van der Waals surface area contributed by atoms with Gasteiger partial charge in [0.2, 0.25) is 5.91 Å². The molecule has 3 heterocycles. The van der Waals surface area contributed by atoms with Crippen LogP contribution in [0.1, 0.15) is 36.0 Å². The van der Waals surface area contributed by atoms with Gasteiger partial charge in [0.05, 0.1) is 12.5 Å². The fraction of sp³-hybridized carbons (Fsp3) is 0.471. The maximum Gasteiger partial charge on any atom is 0.227 e. The summed E-state index contributed by atoms with van der Waals surface area (Å²) >= 11 is 0. The lowest BCUT2D eigenvalue weighted by molar-refractivity contribution is -0.132. The van der Waals surface area contributed by atoms with Crippen LogP contribution < -0.4 is 0 Å². The van der Waals surface area contributed by atoms with E-state index >= 15 is 0 Å². The van der Waals surface area contributed by atoms with Crippen LogP contribution in [0.15, 0.2) is 30.7 Å². The van der Waals surface area contributed by atoms with Crippen molar-refractivity contribution in [2.75, 3.05) is 13.1 Å². The summed E-state index contributed by atoms with van der Waals surface area (Å²) in [6.45, 7) is 5.59. The van der Waals surface area contributed by atoms with Crippen molar-refractivity contribution in [2.45, 2.75) is 39.2 Å². The fourth-order valence-corrected chi connectivity index (χ4v) is 3.07. The number of hydrogen-bond acceptors (Lipinski definition) is 3. The average Bonchev–Trinajstić information content (AvgIpc) is 2.96. The number of carbonyl (C=O) groups is 1. The molecule has 3 rings (SSSR count). The topological polar surface area (TPSA) is 51.0 Å². The highest BCUT2D eigenvalue weighted by molar-refractivity contribution is 5.78. The molecule has 2 aromatic heterocycles. The van der Waals surface area contributed by atoms with E-state index in [4.69, 9.17) is 0 Å². The number of amides is 1. The van der Waals surface area contributed by atoms with Crippen molar-refractivity contribution in [1.29, 1.82) is 0 Å². The van der Waals surface area contributed by atoms with Gasteiger partial charge in [-0.3, -0.25) is 9.78 Å². The lowest BCUT2D eigenvalue weighted by atomic mass is 10.0. The van der Waals surface area contributed by atoms with E-state index in [0.717, 1.165) is 43.0 Å². The second-order valence-corrected chi connectivity index (χ2v) is 6.00. The number of imidazole rings is 1. The molecular formula is C17H22N4O. The second kappa shape index (κ2) is 6.30. The van der Waals surface area contributed by atoms with Crippen LogP contribution in [-0.2, 0) is 11.2 Å². The van der Waals surface area contributed by atoms with Crippen molar-refractivity contribution >= 4 is 5.91 Å². The van der Waals surface area contributed by atoms with Crippen LogP contribution in [0, 0.1) is 13.8 Å². The monoisotopic (exact) mass is 298 g/mol. The van der Waals surface area contributed by atoms with Crippen LogP contribution >= 0.6 is 0 Å². The van der Waals surface area contributed by atoms with Gasteiger partial charge in [0, 0.05) is 37.4 Å². The normalized spacial score (nSPS) is 18.5. The standard InChI is InChI=1S/C17H22N4O/c1-13-5-6-15(11-19-13)10-17(22)20-8-3-4-16(12-20)21-9-7-18-14(21)2/h5-7,9,11,16H,3-4,8,10,12H2,1-2H3/t16-/m0/s1. The molecule has 5 nitrogen and oxygen atoms in total. The first-order valence-corrected chi connectivity index (χ1v) is 7.82. The minimum absolute atomic E-state index is 0.188. The second-order valence-electron chi connectivity index (χ2n) is 6.00. The van der Waals surface area contributed by atoms with Gasteiger partial charge in [0.25, 0.3) is 0 Å². The fourth-order valence-electron chi connectivity index (χ4n) is 3.07. The van der Waals surface area contributed by atoms with E-state index < -0.39 is 0 Å². The summed E-state index contributed by atoms with van der Waals surface area (Å²) < 4.78 is 2.19. The molecule has 0 bridgehead atoms. The van der Waals surface area contributed by atoms with Crippen molar-refractivity contribution in [1.82, 2.24) is 19.4 Å². The molecule has 0 aromatic carbocycles. The molecule has 1 aliphatic rings. The Hall–Kier alpha value is -2.17. The van der Waals surface area contributed by atoms with Crippen LogP contribution in [0.2, 0.25) is 0 Å². The van der Waals surface area contributed by atoms with Crippen LogP contribution in [0.3, 0.4) is 0 Å². The molecule has 0 saturated carbocycles. The molecule has 5 heteroatoms. The number of piperidine rings is 1. The molecule has 116 valence electrons. The molecule has 0 unspecified atom stereocenters. The lowest BCUT2D eigenvalue weighted by Crippen LogP contribution is -2.41. The number of aryl methyl sites for hydroxylation is 2. The summed E-state index contributed by atoms with van der Waals surface area (Å²) in [6, 6.07) is 4.29. The van der Waals surface area contributed by atoms with E-state index in [1.807, 2.05) is 43.3 Å². The zero-order chi connectivity index (χ0) is 15.5. The van der Waals surface area contributed by atoms with Crippen molar-refractivity contribution < 1.29 is 4.79 Å². The Bertz CT molecular complexity index is 647. The Balaban J connectivity index is 1.65. The highest BCUT2D eigenvalue weighted by Gasteiger charge is 2.25.